The molecule has 118 valence electrons. The van der Waals surface area contributed by atoms with Gasteiger partial charge in [-0.25, -0.2) is 0 Å². The van der Waals surface area contributed by atoms with E-state index in [4.69, 9.17) is 0 Å². The third-order valence-corrected chi connectivity index (χ3v) is 5.45. The van der Waals surface area contributed by atoms with Crippen LogP contribution in [0.5, 0.6) is 5.75 Å². The highest BCUT2D eigenvalue weighted by molar-refractivity contribution is 6.02. The van der Waals surface area contributed by atoms with E-state index in [0.717, 1.165) is 32.1 Å². The summed E-state index contributed by atoms with van der Waals surface area (Å²) in [7, 11) is 0. The fourth-order valence-electron chi connectivity index (χ4n) is 4.41. The van der Waals surface area contributed by atoms with Crippen LogP contribution in [0.3, 0.4) is 0 Å². The zero-order valence-corrected chi connectivity index (χ0v) is 13.7. The maximum Gasteiger partial charge on any atom is 0.159 e. The van der Waals surface area contributed by atoms with Gasteiger partial charge >= 0.3 is 0 Å². The predicted molar refractivity (Wildman–Crippen MR) is 89.8 cm³/mol. The number of fused-ring (bicyclic) bond motifs is 3. The van der Waals surface area contributed by atoms with Crippen molar-refractivity contribution in [1.29, 1.82) is 0 Å². The van der Waals surface area contributed by atoms with Crippen LogP contribution in [-0.4, -0.2) is 10.9 Å². The summed E-state index contributed by atoms with van der Waals surface area (Å²) in [5.41, 5.74) is 3.78. The second kappa shape index (κ2) is 5.91. The Morgan fingerprint density at radius 2 is 2.09 bits per heavy atom. The fraction of sp³-hybridized carbons (Fsp3) is 0.550. The summed E-state index contributed by atoms with van der Waals surface area (Å²) >= 11 is 0. The molecule has 2 unspecified atom stereocenters. The molecule has 2 heteroatoms. The molecular formula is C20H26O2. The highest BCUT2D eigenvalue weighted by atomic mass is 16.3. The third kappa shape index (κ3) is 2.49. The van der Waals surface area contributed by atoms with Gasteiger partial charge in [0.2, 0.25) is 0 Å². The lowest BCUT2D eigenvalue weighted by Crippen LogP contribution is -2.32. The molecule has 2 aliphatic rings. The van der Waals surface area contributed by atoms with Crippen molar-refractivity contribution in [3.63, 3.8) is 0 Å². The Bertz CT molecular complexity index is 614. The second-order valence-electron chi connectivity index (χ2n) is 7.05. The van der Waals surface area contributed by atoms with Crippen molar-refractivity contribution in [2.75, 3.05) is 0 Å². The summed E-state index contributed by atoms with van der Waals surface area (Å²) in [5, 5.41) is 9.79. The summed E-state index contributed by atoms with van der Waals surface area (Å²) in [6.07, 6.45) is 9.50. The monoisotopic (exact) mass is 298 g/mol. The van der Waals surface area contributed by atoms with Crippen molar-refractivity contribution in [1.82, 2.24) is 0 Å². The number of unbranched alkanes of at least 4 members (excludes halogenated alkanes) is 1. The number of carbonyl (C=O) groups excluding carboxylic acids is 1. The zero-order valence-electron chi connectivity index (χ0n) is 13.7. The maximum atomic E-state index is 12.5. The number of phenols is 1. The van der Waals surface area contributed by atoms with Gasteiger partial charge in [-0.15, -0.1) is 0 Å². The molecule has 3 rings (SSSR count). The number of ketones is 1. The van der Waals surface area contributed by atoms with Gasteiger partial charge in [0.1, 0.15) is 5.75 Å². The number of hydrogen-bond acceptors (Lipinski definition) is 2. The highest BCUT2D eigenvalue weighted by Crippen LogP contribution is 2.56. The van der Waals surface area contributed by atoms with E-state index < -0.39 is 0 Å². The molecule has 0 saturated carbocycles. The Morgan fingerprint density at radius 3 is 2.82 bits per heavy atom. The van der Waals surface area contributed by atoms with Crippen LogP contribution in [0.25, 0.3) is 5.57 Å². The molecule has 1 N–H and O–H groups in total. The number of benzene rings is 1. The normalized spacial score (nSPS) is 26.5. The first-order valence-corrected chi connectivity index (χ1v) is 8.68. The minimum Gasteiger partial charge on any atom is -0.508 e. The zero-order chi connectivity index (χ0) is 15.7. The largest absolute Gasteiger partial charge is 0.508 e. The highest BCUT2D eigenvalue weighted by Gasteiger charge is 2.46. The van der Waals surface area contributed by atoms with Crippen molar-refractivity contribution in [2.24, 2.45) is 11.3 Å². The molecule has 2 nitrogen and oxygen atoms in total. The maximum absolute atomic E-state index is 12.5. The molecule has 2 atom stereocenters. The van der Waals surface area contributed by atoms with Gasteiger partial charge in [0.15, 0.2) is 5.78 Å². The average Bonchev–Trinajstić information content (AvgIpc) is 2.79. The number of aromatic hydroxyl groups is 1. The lowest BCUT2D eigenvalue weighted by molar-refractivity contribution is -0.119. The summed E-state index contributed by atoms with van der Waals surface area (Å²) in [5.74, 6) is 0.832. The summed E-state index contributed by atoms with van der Waals surface area (Å²) in [4.78, 5) is 12.5. The van der Waals surface area contributed by atoms with Gasteiger partial charge in [-0.05, 0) is 60.6 Å². The van der Waals surface area contributed by atoms with Crippen molar-refractivity contribution >= 4 is 11.4 Å². The average molecular weight is 298 g/mol. The van der Waals surface area contributed by atoms with E-state index in [1.807, 2.05) is 18.2 Å². The summed E-state index contributed by atoms with van der Waals surface area (Å²) < 4.78 is 0. The first-order chi connectivity index (χ1) is 10.6. The topological polar surface area (TPSA) is 37.3 Å². The third-order valence-electron chi connectivity index (χ3n) is 5.45. The van der Waals surface area contributed by atoms with Gasteiger partial charge in [-0.3, -0.25) is 4.79 Å². The SMILES string of the molecule is CCCCC12Cc3cc(O)ccc3C1=CC(=O)C(CCC)C2. The van der Waals surface area contributed by atoms with Crippen LogP contribution in [0.1, 0.15) is 63.5 Å². The standard InChI is InChI=1S/C20H26O2/c1-3-5-9-20-12-14(6-4-2)19(22)11-18(20)17-8-7-16(21)10-15(17)13-20/h7-8,10-11,14,21H,3-6,9,12-13H2,1-2H3. The van der Waals surface area contributed by atoms with Crippen molar-refractivity contribution in [2.45, 2.75) is 58.8 Å². The summed E-state index contributed by atoms with van der Waals surface area (Å²) in [6.45, 7) is 4.39. The predicted octanol–water partition coefficient (Wildman–Crippen LogP) is 4.90. The quantitative estimate of drug-likeness (QED) is 0.839. The number of allylic oxidation sites excluding steroid dienone is 2. The van der Waals surface area contributed by atoms with Crippen LogP contribution in [0, 0.1) is 11.3 Å². The molecule has 0 saturated heterocycles. The second-order valence-corrected chi connectivity index (χ2v) is 7.05. The van der Waals surface area contributed by atoms with Gasteiger partial charge in [-0.2, -0.15) is 0 Å². The molecule has 0 aliphatic heterocycles. The van der Waals surface area contributed by atoms with Crippen LogP contribution >= 0.6 is 0 Å². The van der Waals surface area contributed by atoms with Crippen LogP contribution < -0.4 is 0 Å². The van der Waals surface area contributed by atoms with E-state index in [9.17, 15) is 9.90 Å². The van der Waals surface area contributed by atoms with Crippen molar-refractivity contribution in [3.05, 3.63) is 35.4 Å². The number of carbonyl (C=O) groups is 1. The molecule has 1 aromatic carbocycles. The van der Waals surface area contributed by atoms with Gasteiger partial charge in [0.25, 0.3) is 0 Å². The smallest absolute Gasteiger partial charge is 0.159 e. The van der Waals surface area contributed by atoms with E-state index in [-0.39, 0.29) is 11.3 Å². The van der Waals surface area contributed by atoms with Crippen LogP contribution in [0.15, 0.2) is 24.3 Å². The molecular weight excluding hydrogens is 272 g/mol. The van der Waals surface area contributed by atoms with Gasteiger partial charge in [-0.1, -0.05) is 39.2 Å². The molecule has 0 amide bonds. The molecule has 0 heterocycles. The van der Waals surface area contributed by atoms with E-state index >= 15 is 0 Å². The van der Waals surface area contributed by atoms with Crippen molar-refractivity contribution in [3.8, 4) is 5.75 Å². The number of hydrogen-bond donors (Lipinski definition) is 1. The minimum atomic E-state index is 0.125. The van der Waals surface area contributed by atoms with E-state index in [1.165, 1.54) is 29.5 Å². The van der Waals surface area contributed by atoms with Crippen LogP contribution in [0.4, 0.5) is 0 Å². The van der Waals surface area contributed by atoms with E-state index in [2.05, 4.69) is 13.8 Å². The first-order valence-electron chi connectivity index (χ1n) is 8.68. The van der Waals surface area contributed by atoms with Crippen molar-refractivity contribution < 1.29 is 9.90 Å². The Balaban J connectivity index is 2.03. The minimum absolute atomic E-state index is 0.125. The number of phenolic OH excluding ortho intramolecular Hbond substituents is 1. The van der Waals surface area contributed by atoms with Gasteiger partial charge in [0.05, 0.1) is 0 Å². The fourth-order valence-corrected chi connectivity index (χ4v) is 4.41. The Hall–Kier alpha value is -1.57. The lowest BCUT2D eigenvalue weighted by Gasteiger charge is -2.38. The van der Waals surface area contributed by atoms with E-state index in [0.29, 0.717) is 11.5 Å². The molecule has 0 radical (unpaired) electrons. The van der Waals surface area contributed by atoms with Crippen LogP contribution in [0.2, 0.25) is 0 Å². The Labute approximate surface area is 133 Å². The molecule has 0 bridgehead atoms. The number of rotatable bonds is 5. The van der Waals surface area contributed by atoms with Gasteiger partial charge in [0, 0.05) is 11.3 Å². The van der Waals surface area contributed by atoms with E-state index in [1.54, 1.807) is 6.07 Å². The molecule has 1 aromatic rings. The lowest BCUT2D eigenvalue weighted by atomic mass is 9.65. The molecule has 0 fully saturated rings. The molecule has 0 spiro atoms. The Morgan fingerprint density at radius 1 is 1.27 bits per heavy atom. The van der Waals surface area contributed by atoms with Crippen LogP contribution in [-0.2, 0) is 11.2 Å². The molecule has 22 heavy (non-hydrogen) atoms. The molecule has 0 aromatic heterocycles. The Kier molecular flexibility index (Phi) is 4.12. The molecule has 2 aliphatic carbocycles. The first kappa shape index (κ1) is 15.3. The summed E-state index contributed by atoms with van der Waals surface area (Å²) in [6, 6.07) is 5.64. The van der Waals surface area contributed by atoms with Gasteiger partial charge < -0.3 is 5.11 Å².